The minimum atomic E-state index is -4.52. The number of fused-ring (bicyclic) bond motifs is 1. The lowest BCUT2D eigenvalue weighted by atomic mass is 10.0. The molecule has 0 aromatic heterocycles. The second-order valence-corrected chi connectivity index (χ2v) is 17.4. The summed E-state index contributed by atoms with van der Waals surface area (Å²) in [6.45, 7) is 4.41. The number of anilines is 2. The lowest BCUT2D eigenvalue weighted by Crippen LogP contribution is -2.55. The number of para-hydroxylation sites is 2. The van der Waals surface area contributed by atoms with Gasteiger partial charge in [-0.15, -0.1) is 0 Å². The number of benzodiazepines with no additional fused rings is 1. The van der Waals surface area contributed by atoms with E-state index < -0.39 is 56.0 Å². The molecule has 0 saturated carbocycles. The van der Waals surface area contributed by atoms with Crippen LogP contribution in [0.1, 0.15) is 43.0 Å². The van der Waals surface area contributed by atoms with Crippen LogP contribution < -0.4 is 30.1 Å². The van der Waals surface area contributed by atoms with Crippen LogP contribution in [0, 0.1) is 0 Å². The molecule has 1 aliphatic heterocycles. The maximum atomic E-state index is 14.7. The number of nitrogens with zero attached hydrogens (tertiary/aromatic N) is 2. The van der Waals surface area contributed by atoms with Gasteiger partial charge < -0.3 is 29.9 Å². The summed E-state index contributed by atoms with van der Waals surface area (Å²) in [5.74, 6) is -0.810. The fourth-order valence-electron chi connectivity index (χ4n) is 6.79. The van der Waals surface area contributed by atoms with Gasteiger partial charge in [-0.25, -0.2) is 14.4 Å². The van der Waals surface area contributed by atoms with Crippen LogP contribution >= 0.6 is 7.82 Å². The third-order valence-electron chi connectivity index (χ3n) is 9.78. The molecule has 0 radical (unpaired) electrons. The molecule has 7 rings (SSSR count). The summed E-state index contributed by atoms with van der Waals surface area (Å²) >= 11 is 0. The molecule has 15 nitrogen and oxygen atoms in total. The summed E-state index contributed by atoms with van der Waals surface area (Å²) in [6, 6.07) is 45.6. The van der Waals surface area contributed by atoms with E-state index in [1.54, 1.807) is 106 Å². The van der Waals surface area contributed by atoms with Crippen LogP contribution in [-0.4, -0.2) is 58.8 Å². The Kier molecular flexibility index (Phi) is 14.7. The molecule has 6 aromatic carbocycles. The van der Waals surface area contributed by atoms with Gasteiger partial charge in [-0.1, -0.05) is 109 Å². The highest BCUT2D eigenvalue weighted by molar-refractivity contribution is 7.47. The number of hydrogen-bond donors (Lipinski definition) is 4. The molecular weight excluding hydrogens is 862 g/mol. The Balaban J connectivity index is 1.12. The van der Waals surface area contributed by atoms with Gasteiger partial charge in [-0.05, 0) is 86.5 Å². The number of rotatable bonds is 16. The van der Waals surface area contributed by atoms with Crippen LogP contribution in [-0.2, 0) is 41.2 Å². The Morgan fingerprint density at radius 3 is 2.00 bits per heavy atom. The van der Waals surface area contributed by atoms with Gasteiger partial charge in [-0.3, -0.25) is 28.7 Å². The van der Waals surface area contributed by atoms with Crippen LogP contribution in [0.2, 0.25) is 0 Å². The maximum Gasteiger partial charge on any atom is 0.527 e. The van der Waals surface area contributed by atoms with E-state index in [2.05, 4.69) is 16.0 Å². The molecule has 0 spiro atoms. The number of nitrogens with one attached hydrogen (secondary N) is 3. The van der Waals surface area contributed by atoms with Gasteiger partial charge >= 0.3 is 13.9 Å². The molecule has 338 valence electrons. The summed E-state index contributed by atoms with van der Waals surface area (Å²) in [5, 5.41) is 8.20. The average Bonchev–Trinajstić information content (AvgIpc) is 3.40. The normalized spacial score (nSPS) is 14.8. The monoisotopic (exact) mass is 909 g/mol. The Morgan fingerprint density at radius 2 is 1.33 bits per heavy atom. The molecule has 0 fully saturated rings. The molecule has 1 heterocycles. The van der Waals surface area contributed by atoms with E-state index in [0.29, 0.717) is 50.8 Å². The van der Waals surface area contributed by atoms with Crippen molar-refractivity contribution in [1.82, 2.24) is 10.6 Å². The fraction of sp³-hybridized carbons (Fsp3) is 0.180. The first kappa shape index (κ1) is 46.4. The molecule has 4 amide bonds. The number of phosphoric acid groups is 1. The minimum Gasteiger partial charge on any atom is -0.457 e. The zero-order chi connectivity index (χ0) is 46.7. The quantitative estimate of drug-likeness (QED) is 0.0684. The maximum absolute atomic E-state index is 14.7. The van der Waals surface area contributed by atoms with Crippen LogP contribution in [0.15, 0.2) is 169 Å². The van der Waals surface area contributed by atoms with E-state index in [4.69, 9.17) is 23.5 Å². The molecule has 0 bridgehead atoms. The van der Waals surface area contributed by atoms with Crippen molar-refractivity contribution in [3.05, 3.63) is 186 Å². The largest absolute Gasteiger partial charge is 0.527 e. The molecule has 0 aliphatic carbocycles. The molecule has 1 aliphatic rings. The predicted octanol–water partition coefficient (Wildman–Crippen LogP) is 8.58. The van der Waals surface area contributed by atoms with E-state index >= 15 is 0 Å². The van der Waals surface area contributed by atoms with Crippen LogP contribution in [0.5, 0.6) is 17.2 Å². The highest BCUT2D eigenvalue weighted by Crippen LogP contribution is 2.44. The topological polar surface area (TPSA) is 194 Å². The predicted molar refractivity (Wildman–Crippen MR) is 249 cm³/mol. The number of phosphoric ester groups is 1. The van der Waals surface area contributed by atoms with Crippen molar-refractivity contribution in [2.24, 2.45) is 4.99 Å². The Morgan fingerprint density at radius 1 is 0.742 bits per heavy atom. The average molecular weight is 910 g/mol. The van der Waals surface area contributed by atoms with Crippen molar-refractivity contribution in [2.45, 2.75) is 51.6 Å². The van der Waals surface area contributed by atoms with Crippen LogP contribution in [0.25, 0.3) is 0 Å². The minimum absolute atomic E-state index is 0.0170. The molecule has 2 unspecified atom stereocenters. The second kappa shape index (κ2) is 20.9. The van der Waals surface area contributed by atoms with Crippen molar-refractivity contribution >= 4 is 48.7 Å². The zero-order valence-electron chi connectivity index (χ0n) is 36.3. The number of carbonyl (C=O) groups excluding carboxylic acids is 4. The number of ether oxygens (including phenoxy) is 2. The second-order valence-electron chi connectivity index (χ2n) is 16.0. The molecule has 66 heavy (non-hydrogen) atoms. The third-order valence-corrected chi connectivity index (χ3v) is 10.7. The number of carbonyl (C=O) groups is 4. The van der Waals surface area contributed by atoms with E-state index in [0.717, 1.165) is 0 Å². The van der Waals surface area contributed by atoms with Gasteiger partial charge in [0.2, 0.25) is 18.0 Å². The first-order valence-corrected chi connectivity index (χ1v) is 22.4. The third kappa shape index (κ3) is 13.0. The van der Waals surface area contributed by atoms with Gasteiger partial charge in [-0.2, -0.15) is 0 Å². The Bertz CT molecular complexity index is 2720. The summed E-state index contributed by atoms with van der Waals surface area (Å²) in [7, 11) is -4.52. The molecule has 4 N–H and O–H groups in total. The van der Waals surface area contributed by atoms with Crippen LogP contribution in [0.4, 0.5) is 16.2 Å². The van der Waals surface area contributed by atoms with Gasteiger partial charge in [0.15, 0.2) is 0 Å². The smallest absolute Gasteiger partial charge is 0.457 e. The lowest BCUT2D eigenvalue weighted by Gasteiger charge is -2.27. The highest BCUT2D eigenvalue weighted by Gasteiger charge is 2.36. The van der Waals surface area contributed by atoms with E-state index in [-0.39, 0.29) is 18.8 Å². The Labute approximate surface area is 382 Å². The summed E-state index contributed by atoms with van der Waals surface area (Å²) < 4.78 is 34.5. The van der Waals surface area contributed by atoms with Crippen molar-refractivity contribution in [1.29, 1.82) is 0 Å². The number of aliphatic imine (C=N–C) groups is 1. The SMILES string of the molecule is CC(C)(C)OC(=O)N[C@@H](Cc1ccc(OP(=O)(O)OCc2ccccc2)cc1)C(=O)NC1N=C(c2ccccc2)c2ccccc2N(CC(=O)Nc2ccc(Oc3ccccc3)cc2)C1=O. The van der Waals surface area contributed by atoms with Crippen LogP contribution in [0.3, 0.4) is 0 Å². The molecule has 3 atom stereocenters. The van der Waals surface area contributed by atoms with Gasteiger partial charge in [0.25, 0.3) is 5.91 Å². The zero-order valence-corrected chi connectivity index (χ0v) is 37.2. The first-order chi connectivity index (χ1) is 31.7. The van der Waals surface area contributed by atoms with Crippen molar-refractivity contribution < 1.29 is 47.2 Å². The van der Waals surface area contributed by atoms with Crippen molar-refractivity contribution in [2.75, 3.05) is 16.8 Å². The first-order valence-electron chi connectivity index (χ1n) is 20.9. The molecule has 16 heteroatoms. The number of alkyl carbamates (subject to hydrolysis) is 1. The van der Waals surface area contributed by atoms with Gasteiger partial charge in [0.05, 0.1) is 18.0 Å². The standard InChI is InChI=1S/C50H48N5O10P/c1-50(2,3)64-49(59)52-42(31-34-23-27-40(28-24-34)65-66(60,61)62-33-35-15-7-4-8-16-35)47(57)54-46-48(58)55(43-22-14-13-21-41(43)45(53-46)36-17-9-5-10-18-36)32-44(56)51-37-25-29-39(30-26-37)63-38-19-11-6-12-20-38/h4-30,42,46H,31-33H2,1-3H3,(H,51,56)(H,52,59)(H,54,57)(H,60,61)/t42-,46?/m0/s1. The van der Waals surface area contributed by atoms with Crippen molar-refractivity contribution in [3.8, 4) is 17.2 Å². The number of hydrogen-bond acceptors (Lipinski definition) is 10. The molecule has 0 saturated heterocycles. The van der Waals surface area contributed by atoms with Gasteiger partial charge in [0.1, 0.15) is 35.4 Å². The molecule has 6 aromatic rings. The summed E-state index contributed by atoms with van der Waals surface area (Å²) in [6.07, 6.45) is -2.59. The van der Waals surface area contributed by atoms with E-state index in [9.17, 15) is 28.6 Å². The number of amides is 4. The highest BCUT2D eigenvalue weighted by atomic mass is 31.2. The summed E-state index contributed by atoms with van der Waals surface area (Å²) in [5.41, 5.74) is 2.66. The van der Waals surface area contributed by atoms with E-state index in [1.807, 2.05) is 66.7 Å². The fourth-order valence-corrected chi connectivity index (χ4v) is 7.55. The lowest BCUT2D eigenvalue weighted by molar-refractivity contribution is -0.129. The van der Waals surface area contributed by atoms with Crippen molar-refractivity contribution in [3.63, 3.8) is 0 Å². The Hall–Kier alpha value is -7.58. The van der Waals surface area contributed by atoms with Gasteiger partial charge in [0, 0.05) is 23.2 Å². The molecular formula is C50H48N5O10P. The summed E-state index contributed by atoms with van der Waals surface area (Å²) in [4.78, 5) is 72.6. The number of benzene rings is 6. The van der Waals surface area contributed by atoms with E-state index in [1.165, 1.54) is 17.0 Å².